The van der Waals surface area contributed by atoms with Crippen molar-refractivity contribution in [3.63, 3.8) is 0 Å². The van der Waals surface area contributed by atoms with Crippen molar-refractivity contribution in [1.29, 1.82) is 0 Å². The molecule has 2 aromatic rings. The highest BCUT2D eigenvalue weighted by Gasteiger charge is 2.25. The lowest BCUT2D eigenvalue weighted by atomic mass is 10.2. The summed E-state index contributed by atoms with van der Waals surface area (Å²) in [5.74, 6) is -0.0796. The summed E-state index contributed by atoms with van der Waals surface area (Å²) in [6, 6.07) is 11.1. The van der Waals surface area contributed by atoms with E-state index in [0.29, 0.717) is 17.2 Å². The Hall–Kier alpha value is -1.60. The van der Waals surface area contributed by atoms with Gasteiger partial charge in [-0.15, -0.1) is 0 Å². The number of amides is 1. The van der Waals surface area contributed by atoms with E-state index in [1.54, 1.807) is 0 Å². The lowest BCUT2D eigenvalue weighted by Gasteiger charge is -2.18. The molecule has 1 unspecified atom stereocenters. The van der Waals surface area contributed by atoms with Gasteiger partial charge in [0.2, 0.25) is 0 Å². The van der Waals surface area contributed by atoms with E-state index in [4.69, 9.17) is 44.3 Å². The Bertz CT molecular complexity index is 797. The summed E-state index contributed by atoms with van der Waals surface area (Å²) >= 11 is 19.5. The first kappa shape index (κ1) is 22.7. The van der Waals surface area contributed by atoms with Crippen LogP contribution in [0.1, 0.15) is 12.0 Å². The summed E-state index contributed by atoms with van der Waals surface area (Å²) in [7, 11) is 0. The van der Waals surface area contributed by atoms with Crippen LogP contribution in [-0.2, 0) is 16.1 Å². The predicted octanol–water partition coefficient (Wildman–Crippen LogP) is 5.60. The largest absolute Gasteiger partial charge is 0.445 e. The second-order valence-corrected chi connectivity index (χ2v) is 7.90. The molecule has 0 aliphatic rings. The number of alkyl carbamates (subject to hydrolysis) is 1. The van der Waals surface area contributed by atoms with Crippen molar-refractivity contribution >= 4 is 58.6 Å². The van der Waals surface area contributed by atoms with E-state index >= 15 is 0 Å². The molecule has 28 heavy (non-hydrogen) atoms. The molecule has 1 N–H and O–H groups in total. The van der Waals surface area contributed by atoms with Gasteiger partial charge in [0.05, 0.1) is 10.0 Å². The molecule has 5 nitrogen and oxygen atoms in total. The normalized spacial score (nSPS) is 11.6. The molecule has 0 aliphatic carbocycles. The summed E-state index contributed by atoms with van der Waals surface area (Å²) in [4.78, 5) is 24.7. The third-order valence-electron chi connectivity index (χ3n) is 3.57. The summed E-state index contributed by atoms with van der Waals surface area (Å²) in [6.07, 6.45) is 1.52. The molecular weight excluding hydrogens is 445 g/mol. The molecule has 0 aromatic heterocycles. The molecule has 2 aromatic carbocycles. The monoisotopic (exact) mass is 461 g/mol. The lowest BCUT2D eigenvalue weighted by molar-refractivity contribution is -0.136. The van der Waals surface area contributed by atoms with Crippen molar-refractivity contribution in [1.82, 2.24) is 5.32 Å². The van der Waals surface area contributed by atoms with Gasteiger partial charge in [-0.3, -0.25) is 0 Å². The van der Waals surface area contributed by atoms with Gasteiger partial charge in [0.15, 0.2) is 5.75 Å². The van der Waals surface area contributed by atoms with Gasteiger partial charge in [-0.25, -0.2) is 9.59 Å². The number of benzene rings is 2. The zero-order valence-electron chi connectivity index (χ0n) is 14.9. The number of esters is 1. The highest BCUT2D eigenvalue weighted by Crippen LogP contribution is 2.36. The summed E-state index contributed by atoms with van der Waals surface area (Å²) in [6.45, 7) is 0.0891. The molecule has 9 heteroatoms. The molecule has 0 radical (unpaired) electrons. The molecule has 0 aliphatic heterocycles. The summed E-state index contributed by atoms with van der Waals surface area (Å²) in [5.41, 5.74) is 0.834. The maximum absolute atomic E-state index is 12.6. The van der Waals surface area contributed by atoms with Crippen LogP contribution in [0.3, 0.4) is 0 Å². The minimum atomic E-state index is -0.918. The van der Waals surface area contributed by atoms with Gasteiger partial charge in [-0.1, -0.05) is 65.1 Å². The zero-order chi connectivity index (χ0) is 20.5. The Morgan fingerprint density at radius 3 is 2.36 bits per heavy atom. The van der Waals surface area contributed by atoms with E-state index in [1.165, 1.54) is 23.9 Å². The first-order valence-corrected chi connectivity index (χ1v) is 10.8. The Balaban J connectivity index is 2.01. The van der Waals surface area contributed by atoms with Crippen LogP contribution in [0.25, 0.3) is 0 Å². The second-order valence-electron chi connectivity index (χ2n) is 5.66. The van der Waals surface area contributed by atoms with Crippen molar-refractivity contribution in [2.24, 2.45) is 0 Å². The van der Waals surface area contributed by atoms with Crippen LogP contribution in [0, 0.1) is 0 Å². The first-order valence-electron chi connectivity index (χ1n) is 8.23. The average molecular weight is 463 g/mol. The maximum atomic E-state index is 12.6. The number of rotatable bonds is 8. The highest BCUT2D eigenvalue weighted by molar-refractivity contribution is 7.98. The number of carbonyl (C=O) groups excluding carboxylic acids is 2. The van der Waals surface area contributed by atoms with Crippen LogP contribution < -0.4 is 10.1 Å². The number of carbonyl (C=O) groups is 2. The van der Waals surface area contributed by atoms with E-state index in [1.807, 2.05) is 36.6 Å². The quantitative estimate of drug-likeness (QED) is 0.408. The topological polar surface area (TPSA) is 64.6 Å². The number of ether oxygens (including phenoxy) is 2. The van der Waals surface area contributed by atoms with Crippen LogP contribution in [-0.4, -0.2) is 30.1 Å². The van der Waals surface area contributed by atoms with E-state index in [2.05, 4.69) is 5.32 Å². The van der Waals surface area contributed by atoms with Crippen molar-refractivity contribution in [3.8, 4) is 5.75 Å². The Labute approximate surface area is 182 Å². The lowest BCUT2D eigenvalue weighted by Crippen LogP contribution is -2.43. The Kier molecular flexibility index (Phi) is 9.25. The molecule has 0 saturated heterocycles. The van der Waals surface area contributed by atoms with Crippen LogP contribution in [0.4, 0.5) is 4.79 Å². The van der Waals surface area contributed by atoms with Gasteiger partial charge in [-0.05, 0) is 36.1 Å². The van der Waals surface area contributed by atoms with E-state index in [9.17, 15) is 9.59 Å². The Morgan fingerprint density at radius 1 is 1.11 bits per heavy atom. The molecular formula is C19H18Cl3NO4S. The molecule has 0 heterocycles. The minimum absolute atomic E-state index is 0.00802. The van der Waals surface area contributed by atoms with Gasteiger partial charge in [0, 0.05) is 5.02 Å². The van der Waals surface area contributed by atoms with Crippen molar-refractivity contribution in [2.45, 2.75) is 19.1 Å². The highest BCUT2D eigenvalue weighted by atomic mass is 35.5. The van der Waals surface area contributed by atoms with Crippen LogP contribution in [0.15, 0.2) is 42.5 Å². The third kappa shape index (κ3) is 7.09. The molecule has 0 bridgehead atoms. The first-order chi connectivity index (χ1) is 13.4. The van der Waals surface area contributed by atoms with Crippen LogP contribution in [0.5, 0.6) is 5.75 Å². The molecule has 0 saturated carbocycles. The van der Waals surface area contributed by atoms with Crippen molar-refractivity contribution in [3.05, 3.63) is 63.1 Å². The van der Waals surface area contributed by atoms with E-state index in [0.717, 1.165) is 5.56 Å². The van der Waals surface area contributed by atoms with Crippen LogP contribution in [0.2, 0.25) is 15.1 Å². The Morgan fingerprint density at radius 2 is 1.75 bits per heavy atom. The molecule has 0 spiro atoms. The number of nitrogens with one attached hydrogen (secondary N) is 1. The SMILES string of the molecule is CSCCC(NC(=O)OCc1ccccc1)C(=O)Oc1c(Cl)cc(Cl)cc1Cl. The molecule has 2 rings (SSSR count). The minimum Gasteiger partial charge on any atom is -0.445 e. The van der Waals surface area contributed by atoms with E-state index in [-0.39, 0.29) is 22.4 Å². The van der Waals surface area contributed by atoms with Gasteiger partial charge in [0.25, 0.3) is 0 Å². The maximum Gasteiger partial charge on any atom is 0.408 e. The third-order valence-corrected chi connectivity index (χ3v) is 4.99. The van der Waals surface area contributed by atoms with Crippen molar-refractivity contribution in [2.75, 3.05) is 12.0 Å². The number of hydrogen-bond donors (Lipinski definition) is 1. The van der Waals surface area contributed by atoms with E-state index < -0.39 is 18.1 Å². The fourth-order valence-electron chi connectivity index (χ4n) is 2.19. The molecule has 1 amide bonds. The molecule has 1 atom stereocenters. The van der Waals surface area contributed by atoms with Gasteiger partial charge in [-0.2, -0.15) is 11.8 Å². The van der Waals surface area contributed by atoms with Crippen molar-refractivity contribution < 1.29 is 19.1 Å². The number of thioether (sulfide) groups is 1. The molecule has 150 valence electrons. The van der Waals surface area contributed by atoms with Gasteiger partial charge in [0.1, 0.15) is 12.6 Å². The summed E-state index contributed by atoms with van der Waals surface area (Å²) in [5, 5.41) is 3.04. The number of halogens is 3. The van der Waals surface area contributed by atoms with Gasteiger partial charge < -0.3 is 14.8 Å². The molecule has 0 fully saturated rings. The predicted molar refractivity (Wildman–Crippen MR) is 114 cm³/mol. The number of hydrogen-bond acceptors (Lipinski definition) is 5. The fraction of sp³-hybridized carbons (Fsp3) is 0.263. The van der Waals surface area contributed by atoms with Crippen LogP contribution >= 0.6 is 46.6 Å². The smallest absolute Gasteiger partial charge is 0.408 e. The average Bonchev–Trinajstić information content (AvgIpc) is 2.67. The standard InChI is InChI=1S/C19H18Cl3NO4S/c1-28-8-7-16(23-19(25)26-11-12-5-3-2-4-6-12)18(24)27-17-14(21)9-13(20)10-15(17)22/h2-6,9-10,16H,7-8,11H2,1H3,(H,23,25). The zero-order valence-corrected chi connectivity index (χ0v) is 18.0. The fourth-order valence-corrected chi connectivity index (χ4v) is 3.56. The second kappa shape index (κ2) is 11.4. The van der Waals surface area contributed by atoms with Gasteiger partial charge >= 0.3 is 12.1 Å². The summed E-state index contributed by atoms with van der Waals surface area (Å²) < 4.78 is 10.5.